The van der Waals surface area contributed by atoms with Gasteiger partial charge >= 0.3 is 0 Å². The summed E-state index contributed by atoms with van der Waals surface area (Å²) in [4.78, 5) is 7.24. The van der Waals surface area contributed by atoms with Gasteiger partial charge in [-0.1, -0.05) is 26.2 Å². The van der Waals surface area contributed by atoms with Crippen LogP contribution in [0.15, 0.2) is 4.99 Å². The highest BCUT2D eigenvalue weighted by Crippen LogP contribution is 2.29. The van der Waals surface area contributed by atoms with Gasteiger partial charge in [-0.2, -0.15) is 0 Å². The van der Waals surface area contributed by atoms with Crippen molar-refractivity contribution in [2.75, 3.05) is 32.7 Å². The van der Waals surface area contributed by atoms with Gasteiger partial charge in [0, 0.05) is 25.7 Å². The third-order valence-corrected chi connectivity index (χ3v) is 5.17. The standard InChI is InChI=1S/C18H36N4O/c1-3-5-12-22-13-8-16(9-14-22)21-17(19-4-2)20-15-18(23)10-6-7-11-18/h16,23H,3-15H2,1-2H3,(H2,19,20,21). The smallest absolute Gasteiger partial charge is 0.191 e. The normalized spacial score (nSPS) is 23.2. The van der Waals surface area contributed by atoms with E-state index in [0.29, 0.717) is 12.6 Å². The van der Waals surface area contributed by atoms with Gasteiger partial charge in [-0.3, -0.25) is 4.99 Å². The van der Waals surface area contributed by atoms with E-state index in [4.69, 9.17) is 0 Å². The summed E-state index contributed by atoms with van der Waals surface area (Å²) >= 11 is 0. The molecule has 5 nitrogen and oxygen atoms in total. The van der Waals surface area contributed by atoms with Crippen molar-refractivity contribution < 1.29 is 5.11 Å². The maximum atomic E-state index is 10.5. The Morgan fingerprint density at radius 1 is 1.22 bits per heavy atom. The molecule has 0 amide bonds. The Labute approximate surface area is 141 Å². The molecular weight excluding hydrogens is 288 g/mol. The molecular formula is C18H36N4O. The van der Waals surface area contributed by atoms with Crippen LogP contribution >= 0.6 is 0 Å². The van der Waals surface area contributed by atoms with Gasteiger partial charge in [0.05, 0.1) is 12.1 Å². The lowest BCUT2D eigenvalue weighted by Gasteiger charge is -2.33. The fraction of sp³-hybridized carbons (Fsp3) is 0.944. The summed E-state index contributed by atoms with van der Waals surface area (Å²) in [5.74, 6) is 0.875. The first-order valence-electron chi connectivity index (χ1n) is 9.65. The minimum atomic E-state index is -0.564. The zero-order chi connectivity index (χ0) is 16.5. The van der Waals surface area contributed by atoms with Crippen LogP contribution in [0.5, 0.6) is 0 Å². The Morgan fingerprint density at radius 3 is 2.52 bits per heavy atom. The van der Waals surface area contributed by atoms with Gasteiger partial charge in [-0.05, 0) is 45.6 Å². The van der Waals surface area contributed by atoms with Crippen LogP contribution in [0.1, 0.15) is 65.2 Å². The van der Waals surface area contributed by atoms with Gasteiger partial charge in [0.15, 0.2) is 5.96 Å². The maximum Gasteiger partial charge on any atom is 0.191 e. The second-order valence-corrected chi connectivity index (χ2v) is 7.24. The van der Waals surface area contributed by atoms with E-state index >= 15 is 0 Å². The molecule has 0 bridgehead atoms. The topological polar surface area (TPSA) is 59.9 Å². The average molecular weight is 325 g/mol. The highest BCUT2D eigenvalue weighted by atomic mass is 16.3. The summed E-state index contributed by atoms with van der Waals surface area (Å²) < 4.78 is 0. The lowest BCUT2D eigenvalue weighted by molar-refractivity contribution is 0.0573. The Hall–Kier alpha value is -0.810. The Kier molecular flexibility index (Phi) is 7.63. The monoisotopic (exact) mass is 324 g/mol. The fourth-order valence-electron chi connectivity index (χ4n) is 3.61. The van der Waals surface area contributed by atoms with E-state index in [1.54, 1.807) is 0 Å². The molecule has 1 aliphatic heterocycles. The number of nitrogens with one attached hydrogen (secondary N) is 2. The molecule has 0 aromatic rings. The van der Waals surface area contributed by atoms with Gasteiger partial charge in [-0.15, -0.1) is 0 Å². The van der Waals surface area contributed by atoms with E-state index in [2.05, 4.69) is 34.4 Å². The minimum Gasteiger partial charge on any atom is -0.388 e. The van der Waals surface area contributed by atoms with Crippen LogP contribution in [0.4, 0.5) is 0 Å². The highest BCUT2D eigenvalue weighted by molar-refractivity contribution is 5.80. The summed E-state index contributed by atoms with van der Waals surface area (Å²) in [6.07, 6.45) is 8.99. The first kappa shape index (κ1) is 18.5. The van der Waals surface area contributed by atoms with Gasteiger partial charge in [0.2, 0.25) is 0 Å². The molecule has 1 heterocycles. The van der Waals surface area contributed by atoms with Crippen LogP contribution in [-0.2, 0) is 0 Å². The van der Waals surface area contributed by atoms with Gasteiger partial charge in [-0.25, -0.2) is 0 Å². The first-order valence-corrected chi connectivity index (χ1v) is 9.65. The molecule has 0 aromatic heterocycles. The van der Waals surface area contributed by atoms with E-state index in [9.17, 15) is 5.11 Å². The van der Waals surface area contributed by atoms with E-state index in [1.165, 1.54) is 45.3 Å². The summed E-state index contributed by atoms with van der Waals surface area (Å²) in [5.41, 5.74) is -0.564. The number of hydrogen-bond donors (Lipinski definition) is 3. The molecule has 0 atom stereocenters. The molecule has 0 radical (unpaired) electrons. The zero-order valence-electron chi connectivity index (χ0n) is 15.1. The zero-order valence-corrected chi connectivity index (χ0v) is 15.1. The number of hydrogen-bond acceptors (Lipinski definition) is 3. The van der Waals surface area contributed by atoms with Gasteiger partial charge in [0.1, 0.15) is 0 Å². The average Bonchev–Trinajstić information content (AvgIpc) is 2.99. The Bertz CT molecular complexity index is 358. The lowest BCUT2D eigenvalue weighted by atomic mass is 10.0. The predicted molar refractivity (Wildman–Crippen MR) is 96.9 cm³/mol. The van der Waals surface area contributed by atoms with Crippen molar-refractivity contribution in [2.24, 2.45) is 4.99 Å². The summed E-state index contributed by atoms with van der Waals surface area (Å²) in [7, 11) is 0. The van der Waals surface area contributed by atoms with E-state index in [-0.39, 0.29) is 0 Å². The number of aliphatic hydroxyl groups is 1. The van der Waals surface area contributed by atoms with Crippen molar-refractivity contribution in [1.29, 1.82) is 0 Å². The van der Waals surface area contributed by atoms with E-state index in [0.717, 1.165) is 38.2 Å². The number of guanidine groups is 1. The first-order chi connectivity index (χ1) is 11.1. The number of aliphatic imine (C=N–C) groups is 1. The van der Waals surface area contributed by atoms with Crippen LogP contribution in [0, 0.1) is 0 Å². The largest absolute Gasteiger partial charge is 0.388 e. The molecule has 1 saturated carbocycles. The molecule has 2 fully saturated rings. The fourth-order valence-corrected chi connectivity index (χ4v) is 3.61. The summed E-state index contributed by atoms with van der Waals surface area (Å²) in [5, 5.41) is 17.4. The van der Waals surface area contributed by atoms with Crippen LogP contribution in [0.25, 0.3) is 0 Å². The summed E-state index contributed by atoms with van der Waals surface area (Å²) in [6.45, 7) is 9.34. The van der Waals surface area contributed by atoms with Crippen LogP contribution in [0.3, 0.4) is 0 Å². The number of piperidine rings is 1. The van der Waals surface area contributed by atoms with Crippen molar-refractivity contribution >= 4 is 5.96 Å². The number of nitrogens with zero attached hydrogens (tertiary/aromatic N) is 2. The van der Waals surface area contributed by atoms with Crippen molar-refractivity contribution in [3.8, 4) is 0 Å². The molecule has 0 unspecified atom stereocenters. The second kappa shape index (κ2) is 9.48. The van der Waals surface area contributed by atoms with Crippen molar-refractivity contribution in [1.82, 2.24) is 15.5 Å². The van der Waals surface area contributed by atoms with Crippen LogP contribution in [0.2, 0.25) is 0 Å². The van der Waals surface area contributed by atoms with Gasteiger partial charge < -0.3 is 20.6 Å². The predicted octanol–water partition coefficient (Wildman–Crippen LogP) is 2.11. The quantitative estimate of drug-likeness (QED) is 0.496. The molecule has 0 spiro atoms. The minimum absolute atomic E-state index is 0.504. The Morgan fingerprint density at radius 2 is 1.91 bits per heavy atom. The van der Waals surface area contributed by atoms with Crippen LogP contribution in [-0.4, -0.2) is 60.3 Å². The number of unbranched alkanes of at least 4 members (excludes halogenated alkanes) is 1. The molecule has 3 N–H and O–H groups in total. The van der Waals surface area contributed by atoms with Crippen molar-refractivity contribution in [3.63, 3.8) is 0 Å². The molecule has 2 aliphatic rings. The highest BCUT2D eigenvalue weighted by Gasteiger charge is 2.31. The molecule has 5 heteroatoms. The van der Waals surface area contributed by atoms with Crippen molar-refractivity contribution in [3.05, 3.63) is 0 Å². The third kappa shape index (κ3) is 6.30. The number of rotatable bonds is 7. The van der Waals surface area contributed by atoms with Crippen LogP contribution < -0.4 is 10.6 Å². The van der Waals surface area contributed by atoms with Gasteiger partial charge in [0.25, 0.3) is 0 Å². The molecule has 23 heavy (non-hydrogen) atoms. The molecule has 2 rings (SSSR count). The van der Waals surface area contributed by atoms with E-state index in [1.807, 2.05) is 0 Å². The second-order valence-electron chi connectivity index (χ2n) is 7.24. The molecule has 134 valence electrons. The molecule has 0 aromatic carbocycles. The Balaban J connectivity index is 1.78. The lowest BCUT2D eigenvalue weighted by Crippen LogP contribution is -2.49. The third-order valence-electron chi connectivity index (χ3n) is 5.17. The molecule has 1 aliphatic carbocycles. The SMILES string of the molecule is CCCCN1CCC(NC(=NCC2(O)CCCC2)NCC)CC1. The summed E-state index contributed by atoms with van der Waals surface area (Å²) in [6, 6.07) is 0.504. The molecule has 1 saturated heterocycles. The van der Waals surface area contributed by atoms with E-state index < -0.39 is 5.60 Å². The maximum absolute atomic E-state index is 10.5. The van der Waals surface area contributed by atoms with Crippen molar-refractivity contribution in [2.45, 2.75) is 76.9 Å². The number of likely N-dealkylation sites (tertiary alicyclic amines) is 1.